The van der Waals surface area contributed by atoms with Crippen molar-refractivity contribution < 1.29 is 18.8 Å². The van der Waals surface area contributed by atoms with Crippen LogP contribution in [0.3, 0.4) is 0 Å². The summed E-state index contributed by atoms with van der Waals surface area (Å²) in [6.45, 7) is 14.4. The van der Waals surface area contributed by atoms with Gasteiger partial charge >= 0.3 is 13.2 Å². The lowest BCUT2D eigenvalue weighted by atomic mass is 9.78. The summed E-state index contributed by atoms with van der Waals surface area (Å²) in [5.41, 5.74) is 0.800. The smallest absolute Gasteiger partial charge is 0.444 e. The minimum absolute atomic E-state index is 0.244. The maximum absolute atomic E-state index is 12.6. The predicted octanol–water partition coefficient (Wildman–Crippen LogP) is 3.89. The first-order valence-electron chi connectivity index (χ1n) is 9.82. The Hall–Kier alpha value is -1.53. The standard InChI is InChI=1S/C21H32BNO4/c1-19(2,3)25-18(24)23(17-11-12-17)14-15-9-8-10-16(13-15)22-26-20(4,5)21(6,7)27-22/h8-10,13,17H,11-12,14H2,1-7H3. The first kappa shape index (κ1) is 20.2. The van der Waals surface area contributed by atoms with Gasteiger partial charge in [0.25, 0.3) is 0 Å². The van der Waals surface area contributed by atoms with Gasteiger partial charge in [-0.05, 0) is 72.3 Å². The van der Waals surface area contributed by atoms with Gasteiger partial charge in [0.1, 0.15) is 5.60 Å². The van der Waals surface area contributed by atoms with Crippen molar-refractivity contribution in [3.8, 4) is 0 Å². The molecule has 1 aliphatic heterocycles. The third kappa shape index (κ3) is 4.67. The molecule has 1 amide bonds. The number of hydrogen-bond donors (Lipinski definition) is 0. The molecule has 0 atom stereocenters. The number of nitrogens with zero attached hydrogens (tertiary/aromatic N) is 1. The van der Waals surface area contributed by atoms with Crippen molar-refractivity contribution >= 4 is 18.7 Å². The largest absolute Gasteiger partial charge is 0.494 e. The van der Waals surface area contributed by atoms with E-state index in [0.717, 1.165) is 23.9 Å². The van der Waals surface area contributed by atoms with Gasteiger partial charge in [0.2, 0.25) is 0 Å². The highest BCUT2D eigenvalue weighted by Crippen LogP contribution is 2.36. The minimum Gasteiger partial charge on any atom is -0.444 e. The number of benzene rings is 1. The molecule has 5 nitrogen and oxygen atoms in total. The van der Waals surface area contributed by atoms with Crippen molar-refractivity contribution in [1.29, 1.82) is 0 Å². The predicted molar refractivity (Wildman–Crippen MR) is 107 cm³/mol. The summed E-state index contributed by atoms with van der Waals surface area (Å²) in [6.07, 6.45) is 1.83. The van der Waals surface area contributed by atoms with Crippen LogP contribution < -0.4 is 5.46 Å². The zero-order valence-corrected chi connectivity index (χ0v) is 17.7. The molecule has 0 bridgehead atoms. The van der Waals surface area contributed by atoms with E-state index < -0.39 is 12.7 Å². The van der Waals surface area contributed by atoms with Crippen molar-refractivity contribution in [3.05, 3.63) is 29.8 Å². The maximum atomic E-state index is 12.6. The Balaban J connectivity index is 1.74. The maximum Gasteiger partial charge on any atom is 0.494 e. The van der Waals surface area contributed by atoms with Crippen molar-refractivity contribution in [2.45, 2.75) is 90.7 Å². The number of amides is 1. The molecule has 27 heavy (non-hydrogen) atoms. The van der Waals surface area contributed by atoms with E-state index in [-0.39, 0.29) is 23.3 Å². The van der Waals surface area contributed by atoms with E-state index in [1.54, 1.807) is 0 Å². The molecular formula is C21H32BNO4. The Morgan fingerprint density at radius 3 is 2.30 bits per heavy atom. The average molecular weight is 373 g/mol. The fourth-order valence-electron chi connectivity index (χ4n) is 3.06. The summed E-state index contributed by atoms with van der Waals surface area (Å²) in [7, 11) is -0.397. The first-order chi connectivity index (χ1) is 12.4. The van der Waals surface area contributed by atoms with Crippen LogP contribution in [0.15, 0.2) is 24.3 Å². The van der Waals surface area contributed by atoms with Crippen molar-refractivity contribution in [2.24, 2.45) is 0 Å². The van der Waals surface area contributed by atoms with Crippen LogP contribution in [0.2, 0.25) is 0 Å². The molecule has 0 N–H and O–H groups in total. The van der Waals surface area contributed by atoms with Crippen LogP contribution in [0.5, 0.6) is 0 Å². The normalized spacial score (nSPS) is 21.2. The molecule has 6 heteroatoms. The molecule has 1 saturated carbocycles. The van der Waals surface area contributed by atoms with Crippen molar-refractivity contribution in [1.82, 2.24) is 4.90 Å². The van der Waals surface area contributed by atoms with Crippen LogP contribution in [-0.2, 0) is 20.6 Å². The fraction of sp³-hybridized carbons (Fsp3) is 0.667. The van der Waals surface area contributed by atoms with Gasteiger partial charge in [-0.3, -0.25) is 0 Å². The highest BCUT2D eigenvalue weighted by molar-refractivity contribution is 6.62. The van der Waals surface area contributed by atoms with E-state index in [0.29, 0.717) is 6.54 Å². The van der Waals surface area contributed by atoms with Crippen molar-refractivity contribution in [2.75, 3.05) is 0 Å². The summed E-state index contributed by atoms with van der Waals surface area (Å²) in [4.78, 5) is 14.5. The van der Waals surface area contributed by atoms with Crippen LogP contribution in [-0.4, -0.2) is 41.0 Å². The molecule has 1 saturated heterocycles. The third-order valence-corrected chi connectivity index (χ3v) is 5.45. The first-order valence-corrected chi connectivity index (χ1v) is 9.82. The molecule has 0 unspecified atom stereocenters. The fourth-order valence-corrected chi connectivity index (χ4v) is 3.06. The second-order valence-electron chi connectivity index (χ2n) is 9.67. The molecule has 0 spiro atoms. The van der Waals surface area contributed by atoms with Gasteiger partial charge in [-0.25, -0.2) is 4.79 Å². The van der Waals surface area contributed by atoms with E-state index >= 15 is 0 Å². The van der Waals surface area contributed by atoms with E-state index in [9.17, 15) is 4.79 Å². The number of rotatable bonds is 4. The topological polar surface area (TPSA) is 48.0 Å². The lowest BCUT2D eigenvalue weighted by molar-refractivity contribution is 0.00578. The highest BCUT2D eigenvalue weighted by atomic mass is 16.7. The van der Waals surface area contributed by atoms with E-state index in [4.69, 9.17) is 14.0 Å². The van der Waals surface area contributed by atoms with Gasteiger partial charge in [0.15, 0.2) is 0 Å². The van der Waals surface area contributed by atoms with Crippen molar-refractivity contribution in [3.63, 3.8) is 0 Å². The minimum atomic E-state index is -0.491. The van der Waals surface area contributed by atoms with Gasteiger partial charge < -0.3 is 18.9 Å². The Morgan fingerprint density at radius 2 is 1.78 bits per heavy atom. The van der Waals surface area contributed by atoms with Crippen LogP contribution in [0.25, 0.3) is 0 Å². The number of carbonyl (C=O) groups excluding carboxylic acids is 1. The van der Waals surface area contributed by atoms with Gasteiger partial charge in [-0.15, -0.1) is 0 Å². The molecule has 148 valence electrons. The molecule has 2 fully saturated rings. The molecule has 2 aliphatic rings. The van der Waals surface area contributed by atoms with Gasteiger partial charge in [-0.1, -0.05) is 24.3 Å². The third-order valence-electron chi connectivity index (χ3n) is 5.45. The molecule has 1 heterocycles. The summed E-state index contributed by atoms with van der Waals surface area (Å²) in [5, 5.41) is 0. The number of hydrogen-bond acceptors (Lipinski definition) is 4. The summed E-state index contributed by atoms with van der Waals surface area (Å²) in [5.74, 6) is 0. The molecule has 0 aromatic heterocycles. The molecular weight excluding hydrogens is 341 g/mol. The number of ether oxygens (including phenoxy) is 1. The molecule has 1 aromatic rings. The molecule has 3 rings (SSSR count). The number of carbonyl (C=O) groups is 1. The lowest BCUT2D eigenvalue weighted by Gasteiger charge is -2.32. The Labute approximate surface area is 163 Å². The molecule has 1 aliphatic carbocycles. The average Bonchev–Trinajstić information content (AvgIpc) is 3.31. The zero-order valence-electron chi connectivity index (χ0n) is 17.7. The Morgan fingerprint density at radius 1 is 1.19 bits per heavy atom. The van der Waals surface area contributed by atoms with Gasteiger partial charge in [0, 0.05) is 12.6 Å². The van der Waals surface area contributed by atoms with Crippen LogP contribution in [0, 0.1) is 0 Å². The monoisotopic (exact) mass is 373 g/mol. The van der Waals surface area contributed by atoms with E-state index in [1.807, 2.05) is 71.6 Å². The highest BCUT2D eigenvalue weighted by Gasteiger charge is 2.51. The van der Waals surface area contributed by atoms with Gasteiger partial charge in [0.05, 0.1) is 11.2 Å². The van der Waals surface area contributed by atoms with Crippen LogP contribution >= 0.6 is 0 Å². The summed E-state index contributed by atoms with van der Waals surface area (Å²) in [6, 6.07) is 8.40. The summed E-state index contributed by atoms with van der Waals surface area (Å²) >= 11 is 0. The summed E-state index contributed by atoms with van der Waals surface area (Å²) < 4.78 is 17.9. The Bertz CT molecular complexity index is 690. The SMILES string of the molecule is CC(C)(C)OC(=O)N(Cc1cccc(B2OC(C)(C)C(C)(C)O2)c1)C1CC1. The van der Waals surface area contributed by atoms with E-state index in [1.165, 1.54) is 0 Å². The Kier molecular flexibility index (Phi) is 5.11. The quantitative estimate of drug-likeness (QED) is 0.752. The second-order valence-corrected chi connectivity index (χ2v) is 9.67. The zero-order chi connectivity index (χ0) is 20.0. The second kappa shape index (κ2) is 6.82. The molecule has 1 aromatic carbocycles. The molecule has 0 radical (unpaired) electrons. The van der Waals surface area contributed by atoms with E-state index in [2.05, 4.69) is 6.07 Å². The van der Waals surface area contributed by atoms with Gasteiger partial charge in [-0.2, -0.15) is 0 Å². The van der Waals surface area contributed by atoms with Crippen LogP contribution in [0.4, 0.5) is 4.79 Å². The van der Waals surface area contributed by atoms with Crippen LogP contribution in [0.1, 0.15) is 66.9 Å². The lowest BCUT2D eigenvalue weighted by Crippen LogP contribution is -2.41.